The molecule has 1 aromatic heterocycles. The summed E-state index contributed by atoms with van der Waals surface area (Å²) >= 11 is 0. The van der Waals surface area contributed by atoms with Crippen molar-refractivity contribution in [2.45, 2.75) is 62.7 Å². The first kappa shape index (κ1) is 28.2. The van der Waals surface area contributed by atoms with Crippen LogP contribution < -0.4 is 10.5 Å². The Hall–Kier alpha value is -2.08. The second kappa shape index (κ2) is 15.0. The molecule has 0 saturated carbocycles. The van der Waals surface area contributed by atoms with Crippen molar-refractivity contribution >= 4 is 10.0 Å². The van der Waals surface area contributed by atoms with Gasteiger partial charge in [0.25, 0.3) is 10.0 Å². The van der Waals surface area contributed by atoms with Crippen molar-refractivity contribution in [2.75, 3.05) is 26.3 Å². The van der Waals surface area contributed by atoms with Crippen LogP contribution in [-0.2, 0) is 27.8 Å². The summed E-state index contributed by atoms with van der Waals surface area (Å²) < 4.78 is 28.3. The van der Waals surface area contributed by atoms with Crippen LogP contribution in [0.5, 0.6) is 5.75 Å². The first-order valence-electron chi connectivity index (χ1n) is 11.7. The highest BCUT2D eigenvalue weighted by molar-refractivity contribution is 7.89. The summed E-state index contributed by atoms with van der Waals surface area (Å²) in [5, 5.41) is 37.3. The van der Waals surface area contributed by atoms with E-state index in [1.165, 1.54) is 12.1 Å². The summed E-state index contributed by atoms with van der Waals surface area (Å²) in [7, 11) is -3.77. The molecular weight excluding hydrogens is 458 g/mol. The number of nitrogens with one attached hydrogen (secondary N) is 1. The largest absolute Gasteiger partial charge is 0.508 e. The number of aromatic hydroxyl groups is 1. The Bertz CT molecular complexity index is 971. The van der Waals surface area contributed by atoms with Crippen molar-refractivity contribution in [1.29, 1.82) is 0 Å². The molecule has 0 aliphatic heterocycles. The molecule has 0 saturated heterocycles. The fourth-order valence-corrected chi connectivity index (χ4v) is 3.98. The number of ether oxygens (including phenoxy) is 1. The quantitative estimate of drug-likeness (QED) is 0.209. The van der Waals surface area contributed by atoms with Gasteiger partial charge in [-0.05, 0) is 68.5 Å². The molecule has 10 heteroatoms. The van der Waals surface area contributed by atoms with Gasteiger partial charge in [0.2, 0.25) is 0 Å². The van der Waals surface area contributed by atoms with Gasteiger partial charge in [0.05, 0.1) is 12.7 Å². The molecule has 0 spiro atoms. The van der Waals surface area contributed by atoms with Crippen LogP contribution >= 0.6 is 0 Å². The van der Waals surface area contributed by atoms with E-state index in [4.69, 9.17) is 9.88 Å². The van der Waals surface area contributed by atoms with Gasteiger partial charge in [0.15, 0.2) is 5.03 Å². The molecule has 34 heavy (non-hydrogen) atoms. The SMILES string of the molecule is NS(=O)(=O)c1cccc(CCCCOCCCCCCNC[C@H](O)c2ccc(O)c(CO)c2)n1. The molecule has 0 fully saturated rings. The summed E-state index contributed by atoms with van der Waals surface area (Å²) in [4.78, 5) is 4.08. The summed E-state index contributed by atoms with van der Waals surface area (Å²) in [5.74, 6) is 0.0285. The van der Waals surface area contributed by atoms with E-state index < -0.39 is 16.1 Å². The molecule has 0 unspecified atom stereocenters. The number of aryl methyl sites for hydroxylation is 1. The number of rotatable bonds is 17. The van der Waals surface area contributed by atoms with Crippen LogP contribution in [0.25, 0.3) is 0 Å². The second-order valence-corrected chi connectivity index (χ2v) is 9.77. The molecule has 190 valence electrons. The number of nitrogens with two attached hydrogens (primary N) is 1. The summed E-state index contributed by atoms with van der Waals surface area (Å²) in [6.07, 6.45) is 5.90. The highest BCUT2D eigenvalue weighted by Crippen LogP contribution is 2.22. The van der Waals surface area contributed by atoms with Gasteiger partial charge in [-0.1, -0.05) is 25.0 Å². The van der Waals surface area contributed by atoms with Crippen LogP contribution in [0, 0.1) is 0 Å². The number of pyridine rings is 1. The topological polar surface area (TPSA) is 155 Å². The van der Waals surface area contributed by atoms with Gasteiger partial charge in [-0.15, -0.1) is 0 Å². The maximum Gasteiger partial charge on any atom is 0.255 e. The molecule has 0 bridgehead atoms. The second-order valence-electron chi connectivity index (χ2n) is 8.26. The summed E-state index contributed by atoms with van der Waals surface area (Å²) in [5.41, 5.74) is 1.79. The molecule has 9 nitrogen and oxygen atoms in total. The standard InChI is InChI=1S/C24H37N3O6S/c25-34(31,32)24-10-7-9-21(27-24)8-3-6-15-33-14-5-2-1-4-13-26-17-23(30)19-11-12-22(29)20(16-19)18-28/h7,9-12,16,23,26,28-30H,1-6,8,13-15,17-18H2,(H2,25,31,32)/t23-/m0/s1. The van der Waals surface area contributed by atoms with Crippen molar-refractivity contribution in [3.05, 3.63) is 53.2 Å². The number of nitrogens with zero attached hydrogens (tertiary/aromatic N) is 1. The summed E-state index contributed by atoms with van der Waals surface area (Å²) in [6, 6.07) is 9.60. The van der Waals surface area contributed by atoms with E-state index in [1.54, 1.807) is 24.3 Å². The molecule has 2 aromatic rings. The Labute approximate surface area is 202 Å². The fraction of sp³-hybridized carbons (Fsp3) is 0.542. The average Bonchev–Trinajstić information content (AvgIpc) is 2.81. The predicted octanol–water partition coefficient (Wildman–Crippen LogP) is 2.15. The number of aromatic nitrogens is 1. The number of phenols is 1. The number of aliphatic hydroxyl groups excluding tert-OH is 2. The summed E-state index contributed by atoms with van der Waals surface area (Å²) in [6.45, 7) is 2.35. The van der Waals surface area contributed by atoms with E-state index in [-0.39, 0.29) is 17.4 Å². The molecule has 1 atom stereocenters. The Morgan fingerprint density at radius 2 is 1.76 bits per heavy atom. The van der Waals surface area contributed by atoms with Crippen LogP contribution in [0.1, 0.15) is 61.4 Å². The Morgan fingerprint density at radius 1 is 1.03 bits per heavy atom. The van der Waals surface area contributed by atoms with Gasteiger partial charge in [-0.3, -0.25) is 0 Å². The molecular formula is C24H37N3O6S. The van der Waals surface area contributed by atoms with Crippen LogP contribution in [0.3, 0.4) is 0 Å². The fourth-order valence-electron chi connectivity index (χ4n) is 3.47. The van der Waals surface area contributed by atoms with Crippen LogP contribution in [0.2, 0.25) is 0 Å². The van der Waals surface area contributed by atoms with Crippen molar-refractivity contribution in [2.24, 2.45) is 5.14 Å². The van der Waals surface area contributed by atoms with Crippen LogP contribution in [0.4, 0.5) is 0 Å². The number of primary sulfonamides is 1. The lowest BCUT2D eigenvalue weighted by atomic mass is 10.1. The van der Waals surface area contributed by atoms with E-state index in [0.29, 0.717) is 36.4 Å². The highest BCUT2D eigenvalue weighted by Gasteiger charge is 2.10. The van der Waals surface area contributed by atoms with Gasteiger partial charge in [-0.25, -0.2) is 18.5 Å². The zero-order chi connectivity index (χ0) is 24.8. The zero-order valence-corrected chi connectivity index (χ0v) is 20.3. The normalized spacial score (nSPS) is 12.7. The number of hydrogen-bond acceptors (Lipinski definition) is 8. The number of aliphatic hydroxyl groups is 2. The monoisotopic (exact) mass is 495 g/mol. The Balaban J connectivity index is 1.43. The zero-order valence-electron chi connectivity index (χ0n) is 19.5. The van der Waals surface area contributed by atoms with E-state index in [9.17, 15) is 23.7 Å². The Morgan fingerprint density at radius 3 is 2.50 bits per heavy atom. The third kappa shape index (κ3) is 10.5. The van der Waals surface area contributed by atoms with Crippen molar-refractivity contribution in [1.82, 2.24) is 10.3 Å². The molecule has 1 aromatic carbocycles. The first-order valence-corrected chi connectivity index (χ1v) is 13.2. The van der Waals surface area contributed by atoms with Gasteiger partial charge < -0.3 is 25.4 Å². The van der Waals surface area contributed by atoms with E-state index in [2.05, 4.69) is 10.3 Å². The third-order valence-electron chi connectivity index (χ3n) is 5.43. The van der Waals surface area contributed by atoms with Crippen molar-refractivity contribution < 1.29 is 28.5 Å². The van der Waals surface area contributed by atoms with E-state index >= 15 is 0 Å². The molecule has 0 aliphatic carbocycles. The molecule has 2 rings (SSSR count). The van der Waals surface area contributed by atoms with Crippen LogP contribution in [0.15, 0.2) is 41.4 Å². The van der Waals surface area contributed by atoms with E-state index in [0.717, 1.165) is 51.7 Å². The van der Waals surface area contributed by atoms with Crippen LogP contribution in [-0.4, -0.2) is 55.0 Å². The first-order chi connectivity index (χ1) is 16.3. The molecule has 6 N–H and O–H groups in total. The van der Waals surface area contributed by atoms with Gasteiger partial charge in [0, 0.05) is 31.0 Å². The maximum atomic E-state index is 11.3. The predicted molar refractivity (Wildman–Crippen MR) is 130 cm³/mol. The maximum absolute atomic E-state index is 11.3. The Kier molecular flexibility index (Phi) is 12.4. The average molecular weight is 496 g/mol. The third-order valence-corrected chi connectivity index (χ3v) is 6.24. The van der Waals surface area contributed by atoms with Gasteiger partial charge >= 0.3 is 0 Å². The number of hydrogen-bond donors (Lipinski definition) is 5. The van der Waals surface area contributed by atoms with Crippen molar-refractivity contribution in [3.63, 3.8) is 0 Å². The minimum absolute atomic E-state index is 0.0285. The lowest BCUT2D eigenvalue weighted by Crippen LogP contribution is -2.22. The van der Waals surface area contributed by atoms with E-state index in [1.807, 2.05) is 0 Å². The van der Waals surface area contributed by atoms with Gasteiger partial charge in [-0.2, -0.15) is 0 Å². The van der Waals surface area contributed by atoms with Crippen molar-refractivity contribution in [3.8, 4) is 5.75 Å². The van der Waals surface area contributed by atoms with Gasteiger partial charge in [0.1, 0.15) is 5.75 Å². The molecule has 0 amide bonds. The lowest BCUT2D eigenvalue weighted by Gasteiger charge is -2.14. The minimum Gasteiger partial charge on any atom is -0.508 e. The smallest absolute Gasteiger partial charge is 0.255 e. The molecule has 1 heterocycles. The molecule has 0 radical (unpaired) electrons. The number of sulfonamides is 1. The minimum atomic E-state index is -3.77. The number of benzene rings is 1. The lowest BCUT2D eigenvalue weighted by molar-refractivity contribution is 0.126. The highest BCUT2D eigenvalue weighted by atomic mass is 32.2. The molecule has 0 aliphatic rings. The number of unbranched alkanes of at least 4 members (excludes halogenated alkanes) is 4.